The minimum atomic E-state index is -3.65. The number of aromatic nitrogens is 4. The summed E-state index contributed by atoms with van der Waals surface area (Å²) >= 11 is 0. The van der Waals surface area contributed by atoms with Gasteiger partial charge in [0.15, 0.2) is 0 Å². The maximum atomic E-state index is 12.3. The van der Waals surface area contributed by atoms with E-state index in [9.17, 15) is 13.2 Å². The molecule has 0 aliphatic heterocycles. The summed E-state index contributed by atoms with van der Waals surface area (Å²) in [6.07, 6.45) is 8.17. The third-order valence-corrected chi connectivity index (χ3v) is 6.35. The highest BCUT2D eigenvalue weighted by Gasteiger charge is 2.28. The fraction of sp³-hybridized carbons (Fsp3) is 0.333. The highest BCUT2D eigenvalue weighted by Crippen LogP contribution is 2.28. The van der Waals surface area contributed by atoms with Crippen molar-refractivity contribution < 1.29 is 12.9 Å². The van der Waals surface area contributed by atoms with Crippen LogP contribution in [0.3, 0.4) is 0 Å². The van der Waals surface area contributed by atoms with Crippen molar-refractivity contribution in [3.8, 4) is 11.3 Å². The van der Waals surface area contributed by atoms with Crippen LogP contribution in [-0.2, 0) is 10.0 Å². The summed E-state index contributed by atoms with van der Waals surface area (Å²) in [5.74, 6) is 0. The van der Waals surface area contributed by atoms with Crippen LogP contribution < -0.4 is 10.3 Å². The predicted molar refractivity (Wildman–Crippen MR) is 99.8 cm³/mol. The highest BCUT2D eigenvalue weighted by atomic mass is 32.2. The average Bonchev–Trinajstić information content (AvgIpc) is 3.26. The van der Waals surface area contributed by atoms with Gasteiger partial charge in [0.2, 0.25) is 10.0 Å². The van der Waals surface area contributed by atoms with Gasteiger partial charge in [-0.1, -0.05) is 5.16 Å². The monoisotopic (exact) mass is 401 g/mol. The van der Waals surface area contributed by atoms with E-state index in [1.807, 2.05) is 12.1 Å². The largest absolute Gasteiger partial charge is 0.363 e. The van der Waals surface area contributed by atoms with Gasteiger partial charge in [-0.25, -0.2) is 17.8 Å². The normalized spacial score (nSPS) is 20.1. The van der Waals surface area contributed by atoms with Crippen molar-refractivity contribution in [1.29, 1.82) is 0 Å². The molecule has 0 radical (unpaired) electrons. The third kappa shape index (κ3) is 3.87. The summed E-state index contributed by atoms with van der Waals surface area (Å²) in [5.41, 5.74) is 1.43. The Hall–Kier alpha value is -2.85. The Labute approximate surface area is 161 Å². The quantitative estimate of drug-likeness (QED) is 0.691. The van der Waals surface area contributed by atoms with E-state index in [1.54, 1.807) is 18.5 Å². The van der Waals surface area contributed by atoms with Gasteiger partial charge in [0.1, 0.15) is 11.2 Å². The van der Waals surface area contributed by atoms with E-state index in [0.717, 1.165) is 11.8 Å². The Bertz CT molecular complexity index is 1090. The first-order valence-corrected chi connectivity index (χ1v) is 10.4. The van der Waals surface area contributed by atoms with Gasteiger partial charge in [0.25, 0.3) is 5.56 Å². The number of pyridine rings is 1. The minimum absolute atomic E-state index is 0.0116. The van der Waals surface area contributed by atoms with Crippen LogP contribution in [0.2, 0.25) is 0 Å². The zero-order valence-electron chi connectivity index (χ0n) is 14.9. The van der Waals surface area contributed by atoms with Gasteiger partial charge in [-0.2, -0.15) is 5.10 Å². The lowest BCUT2D eigenvalue weighted by molar-refractivity contribution is 0.286. The number of hydrogen-bond acceptors (Lipinski definition) is 7. The molecule has 1 N–H and O–H groups in total. The SMILES string of the molecule is O=c1ccc(-c2ccncc2)nn1C1CCC(NS(=O)(=O)c2cnoc2)CC1. The van der Waals surface area contributed by atoms with E-state index >= 15 is 0 Å². The summed E-state index contributed by atoms with van der Waals surface area (Å²) in [5, 5.41) is 7.96. The first-order valence-electron chi connectivity index (χ1n) is 8.95. The Morgan fingerprint density at radius 2 is 1.82 bits per heavy atom. The molecular weight excluding hydrogens is 382 g/mol. The molecule has 0 aromatic carbocycles. The van der Waals surface area contributed by atoms with E-state index in [0.29, 0.717) is 31.4 Å². The summed E-state index contributed by atoms with van der Waals surface area (Å²) in [6.45, 7) is 0. The third-order valence-electron chi connectivity index (χ3n) is 4.89. The van der Waals surface area contributed by atoms with Crippen molar-refractivity contribution in [2.45, 2.75) is 42.7 Å². The van der Waals surface area contributed by atoms with Gasteiger partial charge >= 0.3 is 0 Å². The maximum absolute atomic E-state index is 12.3. The second kappa shape index (κ2) is 7.64. The lowest BCUT2D eigenvalue weighted by Gasteiger charge is -2.29. The van der Waals surface area contributed by atoms with Crippen molar-refractivity contribution >= 4 is 10.0 Å². The molecular formula is C18H19N5O4S. The molecule has 0 atom stereocenters. The van der Waals surface area contributed by atoms with Crippen molar-refractivity contribution in [1.82, 2.24) is 24.6 Å². The van der Waals surface area contributed by atoms with Crippen molar-refractivity contribution in [3.63, 3.8) is 0 Å². The first kappa shape index (κ1) is 18.5. The fourth-order valence-corrected chi connectivity index (χ4v) is 4.58. The van der Waals surface area contributed by atoms with Gasteiger partial charge in [-0.05, 0) is 43.9 Å². The van der Waals surface area contributed by atoms with Crippen LogP contribution in [0.25, 0.3) is 11.3 Å². The van der Waals surface area contributed by atoms with Gasteiger partial charge in [0, 0.05) is 30.1 Å². The van der Waals surface area contributed by atoms with E-state index in [4.69, 9.17) is 0 Å². The van der Waals surface area contributed by atoms with E-state index < -0.39 is 10.0 Å². The molecule has 0 saturated heterocycles. The second-order valence-corrected chi connectivity index (χ2v) is 8.44. The first-order chi connectivity index (χ1) is 13.5. The van der Waals surface area contributed by atoms with Gasteiger partial charge in [0.05, 0.1) is 17.9 Å². The van der Waals surface area contributed by atoms with Crippen LogP contribution in [-0.4, -0.2) is 34.4 Å². The van der Waals surface area contributed by atoms with Crippen LogP contribution in [0.5, 0.6) is 0 Å². The Kier molecular flexibility index (Phi) is 5.05. The van der Waals surface area contributed by atoms with Crippen molar-refractivity contribution in [2.24, 2.45) is 0 Å². The molecule has 0 unspecified atom stereocenters. The van der Waals surface area contributed by atoms with Crippen LogP contribution in [0.4, 0.5) is 0 Å². The molecule has 3 heterocycles. The molecule has 1 aliphatic rings. The van der Waals surface area contributed by atoms with Crippen LogP contribution in [0, 0.1) is 0 Å². The summed E-state index contributed by atoms with van der Waals surface area (Å²) in [7, 11) is -3.65. The van der Waals surface area contributed by atoms with E-state index in [-0.39, 0.29) is 22.5 Å². The molecule has 10 heteroatoms. The van der Waals surface area contributed by atoms with Gasteiger partial charge in [-0.15, -0.1) is 0 Å². The molecule has 1 aliphatic carbocycles. The van der Waals surface area contributed by atoms with Crippen molar-refractivity contribution in [2.75, 3.05) is 0 Å². The smallest absolute Gasteiger partial charge is 0.267 e. The Morgan fingerprint density at radius 3 is 2.50 bits per heavy atom. The second-order valence-electron chi connectivity index (χ2n) is 6.72. The number of nitrogens with one attached hydrogen (secondary N) is 1. The standard InChI is InChI=1S/C18H19N5O4S/c24-18-6-5-17(13-7-9-19-10-8-13)21-23(18)15-3-1-14(2-4-15)22-28(25,26)16-11-20-27-12-16/h5-12,14-15,22H,1-4H2. The summed E-state index contributed by atoms with van der Waals surface area (Å²) in [6, 6.07) is 6.64. The molecule has 9 nitrogen and oxygen atoms in total. The summed E-state index contributed by atoms with van der Waals surface area (Å²) < 4.78 is 33.4. The lowest BCUT2D eigenvalue weighted by atomic mass is 9.92. The fourth-order valence-electron chi connectivity index (χ4n) is 3.42. The summed E-state index contributed by atoms with van der Waals surface area (Å²) in [4.78, 5) is 16.3. The number of sulfonamides is 1. The molecule has 28 heavy (non-hydrogen) atoms. The molecule has 1 saturated carbocycles. The minimum Gasteiger partial charge on any atom is -0.363 e. The van der Waals surface area contributed by atoms with Gasteiger partial charge < -0.3 is 4.52 Å². The highest BCUT2D eigenvalue weighted by molar-refractivity contribution is 7.89. The van der Waals surface area contributed by atoms with Crippen LogP contribution >= 0.6 is 0 Å². The number of rotatable bonds is 5. The molecule has 3 aromatic heterocycles. The van der Waals surface area contributed by atoms with Crippen molar-refractivity contribution in [3.05, 3.63) is 59.5 Å². The zero-order valence-corrected chi connectivity index (χ0v) is 15.7. The maximum Gasteiger partial charge on any atom is 0.267 e. The number of nitrogens with zero attached hydrogens (tertiary/aromatic N) is 4. The molecule has 0 bridgehead atoms. The molecule has 3 aromatic rings. The van der Waals surface area contributed by atoms with Crippen LogP contribution in [0.15, 0.2) is 63.3 Å². The Morgan fingerprint density at radius 1 is 1.07 bits per heavy atom. The lowest BCUT2D eigenvalue weighted by Crippen LogP contribution is -2.39. The predicted octanol–water partition coefficient (Wildman–Crippen LogP) is 1.76. The molecule has 1 fully saturated rings. The molecule has 146 valence electrons. The van der Waals surface area contributed by atoms with Crippen LogP contribution in [0.1, 0.15) is 31.7 Å². The average molecular weight is 401 g/mol. The van der Waals surface area contributed by atoms with E-state index in [1.165, 1.54) is 16.9 Å². The van der Waals surface area contributed by atoms with Gasteiger partial charge in [-0.3, -0.25) is 9.78 Å². The van der Waals surface area contributed by atoms with E-state index in [2.05, 4.69) is 24.5 Å². The number of hydrogen-bond donors (Lipinski definition) is 1. The molecule has 0 amide bonds. The topological polar surface area (TPSA) is 120 Å². The molecule has 4 rings (SSSR count). The Balaban J connectivity index is 1.46. The zero-order chi connectivity index (χ0) is 19.6. The molecule has 0 spiro atoms.